The molecule has 0 aliphatic carbocycles. The quantitative estimate of drug-likeness (QED) is 0.460. The maximum atomic E-state index is 13.3. The molecular weight excluding hydrogens is 416 g/mol. The van der Waals surface area contributed by atoms with Crippen LogP contribution in [0, 0.1) is 0 Å². The number of benzene rings is 3. The lowest BCUT2D eigenvalue weighted by Crippen LogP contribution is -2.31. The molecule has 0 aromatic heterocycles. The molecule has 3 rings (SSSR count). The molecule has 0 heterocycles. The van der Waals surface area contributed by atoms with Gasteiger partial charge in [0, 0.05) is 43.3 Å². The monoisotopic (exact) mass is 446 g/mol. The van der Waals surface area contributed by atoms with Crippen LogP contribution in [0.1, 0.15) is 45.2 Å². The Kier molecular flexibility index (Phi) is 8.75. The topological polar surface area (TPSA) is 67.9 Å². The van der Waals surface area contributed by atoms with E-state index in [1.807, 2.05) is 73.7 Å². The summed E-state index contributed by atoms with van der Waals surface area (Å²) in [6.07, 6.45) is 0.798. The van der Waals surface area contributed by atoms with Gasteiger partial charge in [-0.1, -0.05) is 37.3 Å². The summed E-state index contributed by atoms with van der Waals surface area (Å²) in [4.78, 5) is 27.9. The Hall–Kier alpha value is -3.48. The molecule has 0 fully saturated rings. The van der Waals surface area contributed by atoms with E-state index in [-0.39, 0.29) is 11.8 Å². The summed E-state index contributed by atoms with van der Waals surface area (Å²) in [6, 6.07) is 22.1. The predicted octanol–water partition coefficient (Wildman–Crippen LogP) is 5.29. The van der Waals surface area contributed by atoms with Gasteiger partial charge in [0.15, 0.2) is 0 Å². The van der Waals surface area contributed by atoms with Crippen LogP contribution in [0.2, 0.25) is 0 Å². The largest absolute Gasteiger partial charge is 0.380 e. The first-order chi connectivity index (χ1) is 16.0. The highest BCUT2D eigenvalue weighted by molar-refractivity contribution is 6.07. The fourth-order valence-electron chi connectivity index (χ4n) is 3.61. The standard InChI is InChI=1S/C27H30N2O4/c1-4-14-29(27(31)23-11-6-9-21(16-23)19-33-3)25-13-7-12-24(17-25)28-26(30)22-10-5-8-20(15-22)18-32-2/h5-13,15-17H,4,14,18-19H2,1-3H3,(H,28,30). The minimum absolute atomic E-state index is 0.0921. The number of carbonyl (C=O) groups is 2. The first kappa shape index (κ1) is 24.2. The van der Waals surface area contributed by atoms with Crippen molar-refractivity contribution < 1.29 is 19.1 Å². The molecule has 0 spiro atoms. The Balaban J connectivity index is 1.82. The summed E-state index contributed by atoms with van der Waals surface area (Å²) >= 11 is 0. The summed E-state index contributed by atoms with van der Waals surface area (Å²) in [5.41, 5.74) is 4.36. The Morgan fingerprint density at radius 2 is 1.42 bits per heavy atom. The maximum absolute atomic E-state index is 13.3. The molecule has 2 amide bonds. The van der Waals surface area contributed by atoms with Gasteiger partial charge < -0.3 is 19.7 Å². The molecule has 6 nitrogen and oxygen atoms in total. The second-order valence-corrected chi connectivity index (χ2v) is 7.73. The van der Waals surface area contributed by atoms with Gasteiger partial charge in [-0.15, -0.1) is 0 Å². The van der Waals surface area contributed by atoms with E-state index < -0.39 is 0 Å². The summed E-state index contributed by atoms with van der Waals surface area (Å²) in [6.45, 7) is 3.47. The molecular formula is C27H30N2O4. The average molecular weight is 447 g/mol. The number of nitrogens with one attached hydrogen (secondary N) is 1. The number of rotatable bonds is 10. The van der Waals surface area contributed by atoms with Crippen molar-refractivity contribution in [2.24, 2.45) is 0 Å². The van der Waals surface area contributed by atoms with E-state index in [4.69, 9.17) is 9.47 Å². The minimum atomic E-state index is -0.217. The Morgan fingerprint density at radius 1 is 0.818 bits per heavy atom. The van der Waals surface area contributed by atoms with Crippen LogP contribution in [0.15, 0.2) is 72.8 Å². The van der Waals surface area contributed by atoms with Gasteiger partial charge in [0.05, 0.1) is 13.2 Å². The van der Waals surface area contributed by atoms with Crippen LogP contribution in [0.3, 0.4) is 0 Å². The molecule has 33 heavy (non-hydrogen) atoms. The molecule has 6 heteroatoms. The van der Waals surface area contributed by atoms with E-state index in [0.717, 1.165) is 23.2 Å². The van der Waals surface area contributed by atoms with Crippen molar-refractivity contribution >= 4 is 23.2 Å². The first-order valence-corrected chi connectivity index (χ1v) is 10.9. The van der Waals surface area contributed by atoms with Crippen LogP contribution < -0.4 is 10.2 Å². The number of ether oxygens (including phenoxy) is 2. The van der Waals surface area contributed by atoms with Crippen molar-refractivity contribution in [3.05, 3.63) is 95.1 Å². The van der Waals surface area contributed by atoms with Crippen LogP contribution >= 0.6 is 0 Å². The number of nitrogens with zero attached hydrogens (tertiary/aromatic N) is 1. The molecule has 0 radical (unpaired) electrons. The normalized spacial score (nSPS) is 10.6. The van der Waals surface area contributed by atoms with Gasteiger partial charge in [0.1, 0.15) is 0 Å². The zero-order chi connectivity index (χ0) is 23.6. The highest BCUT2D eigenvalue weighted by Crippen LogP contribution is 2.23. The molecule has 0 unspecified atom stereocenters. The molecule has 3 aromatic rings. The van der Waals surface area contributed by atoms with Crippen molar-refractivity contribution in [2.45, 2.75) is 26.6 Å². The molecule has 0 bridgehead atoms. The van der Waals surface area contributed by atoms with Gasteiger partial charge in [-0.2, -0.15) is 0 Å². The second-order valence-electron chi connectivity index (χ2n) is 7.73. The number of methoxy groups -OCH3 is 2. The Morgan fingerprint density at radius 3 is 2.06 bits per heavy atom. The second kappa shape index (κ2) is 11.9. The smallest absolute Gasteiger partial charge is 0.258 e. The van der Waals surface area contributed by atoms with Crippen molar-refractivity contribution in [1.82, 2.24) is 0 Å². The third kappa shape index (κ3) is 6.51. The molecule has 1 N–H and O–H groups in total. The molecule has 3 aromatic carbocycles. The lowest BCUT2D eigenvalue weighted by atomic mass is 10.1. The zero-order valence-corrected chi connectivity index (χ0v) is 19.3. The molecule has 0 aliphatic heterocycles. The number of amides is 2. The van der Waals surface area contributed by atoms with Crippen LogP contribution in [0.5, 0.6) is 0 Å². The molecule has 0 saturated heterocycles. The molecule has 0 saturated carbocycles. The Bertz CT molecular complexity index is 1100. The van der Waals surface area contributed by atoms with Gasteiger partial charge in [0.25, 0.3) is 11.8 Å². The lowest BCUT2D eigenvalue weighted by Gasteiger charge is -2.23. The van der Waals surface area contributed by atoms with Crippen molar-refractivity contribution in [1.29, 1.82) is 0 Å². The van der Waals surface area contributed by atoms with Crippen LogP contribution in [-0.2, 0) is 22.7 Å². The highest BCUT2D eigenvalue weighted by atomic mass is 16.5. The Labute approximate surface area is 195 Å². The first-order valence-electron chi connectivity index (χ1n) is 10.9. The summed E-state index contributed by atoms with van der Waals surface area (Å²) in [7, 11) is 3.25. The van der Waals surface area contributed by atoms with Gasteiger partial charge >= 0.3 is 0 Å². The number of hydrogen-bond acceptors (Lipinski definition) is 4. The molecule has 0 aliphatic rings. The lowest BCUT2D eigenvalue weighted by molar-refractivity contribution is 0.0985. The van der Waals surface area contributed by atoms with E-state index in [1.54, 1.807) is 25.2 Å². The van der Waals surface area contributed by atoms with Crippen LogP contribution in [0.25, 0.3) is 0 Å². The minimum Gasteiger partial charge on any atom is -0.380 e. The summed E-state index contributed by atoms with van der Waals surface area (Å²) in [5.74, 6) is -0.309. The van der Waals surface area contributed by atoms with E-state index in [0.29, 0.717) is 36.6 Å². The van der Waals surface area contributed by atoms with Crippen molar-refractivity contribution in [2.75, 3.05) is 31.0 Å². The van der Waals surface area contributed by atoms with E-state index in [2.05, 4.69) is 5.32 Å². The number of carbonyl (C=O) groups excluding carboxylic acids is 2. The van der Waals surface area contributed by atoms with Gasteiger partial charge in [-0.3, -0.25) is 9.59 Å². The average Bonchev–Trinajstić information content (AvgIpc) is 2.83. The maximum Gasteiger partial charge on any atom is 0.258 e. The van der Waals surface area contributed by atoms with E-state index in [9.17, 15) is 9.59 Å². The van der Waals surface area contributed by atoms with Crippen LogP contribution in [-0.4, -0.2) is 32.6 Å². The van der Waals surface area contributed by atoms with E-state index in [1.165, 1.54) is 0 Å². The van der Waals surface area contributed by atoms with Crippen LogP contribution in [0.4, 0.5) is 11.4 Å². The fraction of sp³-hybridized carbons (Fsp3) is 0.259. The predicted molar refractivity (Wildman–Crippen MR) is 131 cm³/mol. The van der Waals surface area contributed by atoms with Gasteiger partial charge in [0.2, 0.25) is 0 Å². The number of anilines is 2. The zero-order valence-electron chi connectivity index (χ0n) is 19.3. The summed E-state index contributed by atoms with van der Waals surface area (Å²) in [5, 5.41) is 2.94. The fourth-order valence-corrected chi connectivity index (χ4v) is 3.61. The van der Waals surface area contributed by atoms with Gasteiger partial charge in [-0.25, -0.2) is 0 Å². The SMILES string of the molecule is CCCN(C(=O)c1cccc(COC)c1)c1cccc(NC(=O)c2cccc(COC)c2)c1. The van der Waals surface area contributed by atoms with Gasteiger partial charge in [-0.05, 0) is 60.0 Å². The summed E-state index contributed by atoms with van der Waals surface area (Å²) < 4.78 is 10.3. The van der Waals surface area contributed by atoms with Crippen molar-refractivity contribution in [3.8, 4) is 0 Å². The molecule has 172 valence electrons. The molecule has 0 atom stereocenters. The van der Waals surface area contributed by atoms with E-state index >= 15 is 0 Å². The third-order valence-electron chi connectivity index (χ3n) is 5.09. The number of hydrogen-bond donors (Lipinski definition) is 1. The third-order valence-corrected chi connectivity index (χ3v) is 5.09. The highest BCUT2D eigenvalue weighted by Gasteiger charge is 2.18. The van der Waals surface area contributed by atoms with Crippen molar-refractivity contribution in [3.63, 3.8) is 0 Å².